The molecule has 0 radical (unpaired) electrons. The maximum Gasteiger partial charge on any atom is 0.0110 e. The van der Waals surface area contributed by atoms with Crippen molar-refractivity contribution in [2.24, 2.45) is 17.2 Å². The van der Waals surface area contributed by atoms with Crippen LogP contribution < -0.4 is 17.2 Å². The second kappa shape index (κ2) is 17.1. The Morgan fingerprint density at radius 2 is 0.720 bits per heavy atom. The molecule has 0 heterocycles. The fraction of sp³-hybridized carbons (Fsp3) is 1.00. The minimum atomic E-state index is 0.770. The van der Waals surface area contributed by atoms with Crippen LogP contribution in [0, 0.1) is 0 Å². The average Bonchev–Trinajstić information content (AvgIpc) is 2.61. The Labute approximate surface area is 156 Å². The van der Waals surface area contributed by atoms with E-state index in [2.05, 4.69) is 40.7 Å². The smallest absolute Gasteiger partial charge is 0.0110 e. The quantitative estimate of drug-likeness (QED) is 0.293. The largest absolute Gasteiger partial charge is 0.330 e. The van der Waals surface area contributed by atoms with Crippen molar-refractivity contribution in [3.63, 3.8) is 0 Å². The minimum absolute atomic E-state index is 0.770. The van der Waals surface area contributed by atoms with Crippen LogP contribution in [-0.2, 0) is 0 Å². The van der Waals surface area contributed by atoms with Crippen LogP contribution in [0.2, 0.25) is 0 Å². The zero-order valence-corrected chi connectivity index (χ0v) is 17.1. The molecule has 0 amide bonds. The number of rotatable bonds is 18. The predicted octanol–water partition coefficient (Wildman–Crippen LogP) is -0.870. The van der Waals surface area contributed by atoms with Crippen molar-refractivity contribution in [3.8, 4) is 0 Å². The maximum absolute atomic E-state index is 5.61. The molecule has 0 bridgehead atoms. The van der Waals surface area contributed by atoms with Gasteiger partial charge in [0.2, 0.25) is 0 Å². The van der Waals surface area contributed by atoms with Crippen LogP contribution in [0.5, 0.6) is 0 Å². The molecular formula is C18H45N7. The highest BCUT2D eigenvalue weighted by Gasteiger charge is 2.09. The van der Waals surface area contributed by atoms with E-state index in [1.54, 1.807) is 0 Å². The molecule has 0 rings (SSSR count). The van der Waals surface area contributed by atoms with Gasteiger partial charge in [-0.15, -0.1) is 0 Å². The number of nitrogens with zero attached hydrogens (tertiary/aromatic N) is 4. The van der Waals surface area contributed by atoms with Gasteiger partial charge in [-0.25, -0.2) is 0 Å². The van der Waals surface area contributed by atoms with Gasteiger partial charge in [-0.2, -0.15) is 0 Å². The second-order valence-corrected chi connectivity index (χ2v) is 7.18. The molecule has 0 fully saturated rings. The average molecular weight is 360 g/mol. The van der Waals surface area contributed by atoms with E-state index < -0.39 is 0 Å². The van der Waals surface area contributed by atoms with Gasteiger partial charge in [0.05, 0.1) is 0 Å². The van der Waals surface area contributed by atoms with Gasteiger partial charge in [0.25, 0.3) is 0 Å². The Morgan fingerprint density at radius 3 is 0.960 bits per heavy atom. The third-order valence-corrected chi connectivity index (χ3v) is 4.63. The van der Waals surface area contributed by atoms with Gasteiger partial charge in [0, 0.05) is 39.3 Å². The molecule has 7 nitrogen and oxygen atoms in total. The van der Waals surface area contributed by atoms with E-state index in [0.29, 0.717) is 0 Å². The lowest BCUT2D eigenvalue weighted by molar-refractivity contribution is 0.178. The van der Waals surface area contributed by atoms with Crippen LogP contribution in [0.25, 0.3) is 0 Å². The molecule has 0 atom stereocenters. The fourth-order valence-corrected chi connectivity index (χ4v) is 2.69. The lowest BCUT2D eigenvalue weighted by Crippen LogP contribution is -2.42. The Kier molecular flexibility index (Phi) is 17.0. The van der Waals surface area contributed by atoms with Gasteiger partial charge >= 0.3 is 0 Å². The first-order valence-corrected chi connectivity index (χ1v) is 9.91. The molecule has 0 aliphatic carbocycles. The van der Waals surface area contributed by atoms with E-state index in [1.165, 1.54) is 0 Å². The van der Waals surface area contributed by atoms with Crippen LogP contribution in [0.3, 0.4) is 0 Å². The number of nitrogens with two attached hydrogens (primary N) is 3. The van der Waals surface area contributed by atoms with Gasteiger partial charge in [0.1, 0.15) is 0 Å². The third kappa shape index (κ3) is 15.7. The Morgan fingerprint density at radius 1 is 0.440 bits per heavy atom. The summed E-state index contributed by atoms with van der Waals surface area (Å²) in [5.41, 5.74) is 16.8. The second-order valence-electron chi connectivity index (χ2n) is 7.18. The summed E-state index contributed by atoms with van der Waals surface area (Å²) in [6.07, 6.45) is 3.21. The SMILES string of the molecule is CN(CCCN)CCN(CCN(C)CCCN)CCN(C)CCCN. The monoisotopic (exact) mass is 359 g/mol. The van der Waals surface area contributed by atoms with Crippen molar-refractivity contribution in [1.82, 2.24) is 19.6 Å². The summed E-state index contributed by atoms with van der Waals surface area (Å²) in [5.74, 6) is 0. The molecule has 0 aliphatic rings. The first-order valence-electron chi connectivity index (χ1n) is 9.91. The van der Waals surface area contributed by atoms with Crippen LogP contribution in [-0.4, -0.2) is 119 Å². The van der Waals surface area contributed by atoms with Gasteiger partial charge in [-0.05, 0) is 79.7 Å². The zero-order chi connectivity index (χ0) is 18.9. The fourth-order valence-electron chi connectivity index (χ4n) is 2.69. The van der Waals surface area contributed by atoms with Gasteiger partial charge < -0.3 is 31.9 Å². The number of likely N-dealkylation sites (N-methyl/N-ethyl adjacent to an activating group) is 3. The highest BCUT2D eigenvalue weighted by Crippen LogP contribution is 1.96. The topological polar surface area (TPSA) is 91.0 Å². The molecule has 0 spiro atoms. The number of hydrogen-bond donors (Lipinski definition) is 3. The van der Waals surface area contributed by atoms with Crippen molar-refractivity contribution in [1.29, 1.82) is 0 Å². The van der Waals surface area contributed by atoms with E-state index in [-0.39, 0.29) is 0 Å². The molecular weight excluding hydrogens is 314 g/mol. The summed E-state index contributed by atoms with van der Waals surface area (Å²) < 4.78 is 0. The first-order chi connectivity index (χ1) is 12.0. The van der Waals surface area contributed by atoms with Crippen LogP contribution in [0.1, 0.15) is 19.3 Å². The lowest BCUT2D eigenvalue weighted by Gasteiger charge is -2.29. The van der Waals surface area contributed by atoms with Crippen molar-refractivity contribution >= 4 is 0 Å². The summed E-state index contributed by atoms with van der Waals surface area (Å²) in [6, 6.07) is 0. The highest BCUT2D eigenvalue weighted by molar-refractivity contribution is 4.66. The normalized spacial score (nSPS) is 12.2. The predicted molar refractivity (Wildman–Crippen MR) is 110 cm³/mol. The summed E-state index contributed by atoms with van der Waals surface area (Å²) in [6.45, 7) is 12.2. The van der Waals surface area contributed by atoms with Gasteiger partial charge in [0.15, 0.2) is 0 Å². The van der Waals surface area contributed by atoms with E-state index in [9.17, 15) is 0 Å². The molecule has 0 saturated heterocycles. The minimum Gasteiger partial charge on any atom is -0.330 e. The first kappa shape index (κ1) is 24.7. The van der Waals surface area contributed by atoms with E-state index in [0.717, 1.165) is 97.8 Å². The third-order valence-electron chi connectivity index (χ3n) is 4.63. The van der Waals surface area contributed by atoms with E-state index in [1.807, 2.05) is 0 Å². The molecule has 7 heteroatoms. The Bertz CT molecular complexity index is 235. The van der Waals surface area contributed by atoms with Crippen molar-refractivity contribution in [2.75, 3.05) is 99.7 Å². The molecule has 152 valence electrons. The molecule has 6 N–H and O–H groups in total. The highest BCUT2D eigenvalue weighted by atomic mass is 15.2. The van der Waals surface area contributed by atoms with Crippen LogP contribution in [0.4, 0.5) is 0 Å². The van der Waals surface area contributed by atoms with Crippen molar-refractivity contribution in [3.05, 3.63) is 0 Å². The Hall–Kier alpha value is -0.280. The van der Waals surface area contributed by atoms with Crippen LogP contribution >= 0.6 is 0 Å². The lowest BCUT2D eigenvalue weighted by atomic mass is 10.3. The maximum atomic E-state index is 5.61. The summed E-state index contributed by atoms with van der Waals surface area (Å²) >= 11 is 0. The molecule has 0 aliphatic heterocycles. The summed E-state index contributed by atoms with van der Waals surface area (Å²) in [4.78, 5) is 9.74. The summed E-state index contributed by atoms with van der Waals surface area (Å²) in [5, 5.41) is 0. The van der Waals surface area contributed by atoms with Crippen molar-refractivity contribution < 1.29 is 0 Å². The molecule has 0 unspecified atom stereocenters. The van der Waals surface area contributed by atoms with E-state index >= 15 is 0 Å². The zero-order valence-electron chi connectivity index (χ0n) is 17.1. The van der Waals surface area contributed by atoms with Crippen molar-refractivity contribution in [2.45, 2.75) is 19.3 Å². The van der Waals surface area contributed by atoms with Gasteiger partial charge in [-0.1, -0.05) is 0 Å². The Balaban J connectivity index is 4.24. The van der Waals surface area contributed by atoms with Crippen LogP contribution in [0.15, 0.2) is 0 Å². The molecule has 0 aromatic carbocycles. The standard InChI is InChI=1S/C18H45N7/c1-22(10-4-7-19)13-16-25(17-14-23(2)11-5-8-20)18-15-24(3)12-6-9-21/h4-21H2,1-3H3. The molecule has 0 aromatic rings. The van der Waals surface area contributed by atoms with E-state index in [4.69, 9.17) is 17.2 Å². The van der Waals surface area contributed by atoms with Gasteiger partial charge in [-0.3, -0.25) is 4.90 Å². The summed E-state index contributed by atoms with van der Waals surface area (Å²) in [7, 11) is 6.57. The molecule has 0 aromatic heterocycles. The molecule has 0 saturated carbocycles. The number of hydrogen-bond acceptors (Lipinski definition) is 7. The molecule has 25 heavy (non-hydrogen) atoms.